The van der Waals surface area contributed by atoms with Crippen LogP contribution >= 0.6 is 0 Å². The third-order valence-corrected chi connectivity index (χ3v) is 5.55. The van der Waals surface area contributed by atoms with E-state index in [0.29, 0.717) is 32.5 Å². The smallest absolute Gasteiger partial charge is 0.317 e. The Kier molecular flexibility index (Phi) is 9.51. The number of nitrogens with one attached hydrogen (secondary N) is 2. The number of anilines is 1. The number of aliphatic hydroxyl groups is 1. The number of carboxylic acid groups (broad SMARTS) is 2. The molecular formula is C21H32N4O6. The van der Waals surface area contributed by atoms with Gasteiger partial charge >= 0.3 is 12.0 Å². The van der Waals surface area contributed by atoms with E-state index >= 15 is 0 Å². The van der Waals surface area contributed by atoms with Gasteiger partial charge in [-0.05, 0) is 56.6 Å². The predicted octanol–water partition coefficient (Wildman–Crippen LogP) is 1.47. The van der Waals surface area contributed by atoms with Gasteiger partial charge in [0.15, 0.2) is 0 Å². The van der Waals surface area contributed by atoms with Crippen molar-refractivity contribution < 1.29 is 29.7 Å². The standard InChI is InChI=1S/C20H30N4O4.CH2O2/c25-17(26)14-20(28)8-12-24(13-9-20)19(27)22-10-2-1-5-16-7-6-15-4-3-11-21-18(15)23-16;2-1-3/h6-7,28H,1-5,8-14H2,(H,21,23)(H,22,27)(H,25,26);1H,(H,2,3). The van der Waals surface area contributed by atoms with Crippen molar-refractivity contribution in [3.05, 3.63) is 23.4 Å². The van der Waals surface area contributed by atoms with Gasteiger partial charge in [0, 0.05) is 31.9 Å². The number of amides is 2. The van der Waals surface area contributed by atoms with Crippen LogP contribution in [0.4, 0.5) is 10.6 Å². The molecule has 1 saturated heterocycles. The van der Waals surface area contributed by atoms with E-state index in [-0.39, 0.29) is 18.9 Å². The van der Waals surface area contributed by atoms with Crippen LogP contribution in [0.25, 0.3) is 0 Å². The molecule has 1 aromatic heterocycles. The number of aliphatic carboxylic acids is 1. The Bertz CT molecular complexity index is 749. The zero-order chi connectivity index (χ0) is 22.7. The number of nitrogens with zero attached hydrogens (tertiary/aromatic N) is 2. The topological polar surface area (TPSA) is 152 Å². The first kappa shape index (κ1) is 24.4. The number of rotatable bonds is 7. The molecule has 172 valence electrons. The van der Waals surface area contributed by atoms with Gasteiger partial charge < -0.3 is 30.9 Å². The van der Waals surface area contributed by atoms with Crippen molar-refractivity contribution in [2.24, 2.45) is 0 Å². The van der Waals surface area contributed by atoms with Crippen molar-refractivity contribution in [1.29, 1.82) is 0 Å². The lowest BCUT2D eigenvalue weighted by Gasteiger charge is -2.37. The van der Waals surface area contributed by atoms with E-state index < -0.39 is 11.6 Å². The van der Waals surface area contributed by atoms with Crippen LogP contribution in [-0.2, 0) is 22.4 Å². The molecule has 3 rings (SSSR count). The van der Waals surface area contributed by atoms with Crippen molar-refractivity contribution in [2.75, 3.05) is 31.5 Å². The molecule has 2 aliphatic heterocycles. The number of carbonyl (C=O) groups excluding carboxylic acids is 1. The second-order valence-corrected chi connectivity index (χ2v) is 7.92. The number of urea groups is 1. The van der Waals surface area contributed by atoms with E-state index in [1.165, 1.54) is 5.56 Å². The summed E-state index contributed by atoms with van der Waals surface area (Å²) in [5.41, 5.74) is 1.17. The molecule has 0 unspecified atom stereocenters. The van der Waals surface area contributed by atoms with Gasteiger partial charge in [-0.3, -0.25) is 9.59 Å². The zero-order valence-electron chi connectivity index (χ0n) is 17.7. The van der Waals surface area contributed by atoms with Crippen molar-refractivity contribution in [1.82, 2.24) is 15.2 Å². The Labute approximate surface area is 181 Å². The van der Waals surface area contributed by atoms with E-state index in [1.807, 2.05) is 0 Å². The maximum absolute atomic E-state index is 12.2. The summed E-state index contributed by atoms with van der Waals surface area (Å²) < 4.78 is 0. The van der Waals surface area contributed by atoms with E-state index in [0.717, 1.165) is 50.2 Å². The maximum atomic E-state index is 12.2. The Balaban J connectivity index is 0.00000107. The lowest BCUT2D eigenvalue weighted by Crippen LogP contribution is -2.50. The minimum absolute atomic E-state index is 0.145. The van der Waals surface area contributed by atoms with E-state index in [2.05, 4.69) is 27.8 Å². The van der Waals surface area contributed by atoms with Crippen LogP contribution in [0.15, 0.2) is 12.1 Å². The number of hydrogen-bond acceptors (Lipinski definition) is 6. The Morgan fingerprint density at radius 3 is 2.65 bits per heavy atom. The summed E-state index contributed by atoms with van der Waals surface area (Å²) in [5.74, 6) is 0.00890. The molecule has 10 heteroatoms. The van der Waals surface area contributed by atoms with Crippen LogP contribution in [0.5, 0.6) is 0 Å². The molecule has 0 saturated carbocycles. The number of piperidine rings is 1. The first-order valence-corrected chi connectivity index (χ1v) is 10.6. The van der Waals surface area contributed by atoms with Gasteiger partial charge in [-0.1, -0.05) is 6.07 Å². The number of unbranched alkanes of at least 4 members (excludes halogenated alkanes) is 1. The van der Waals surface area contributed by atoms with Crippen LogP contribution in [0.1, 0.15) is 49.8 Å². The van der Waals surface area contributed by atoms with E-state index in [9.17, 15) is 14.7 Å². The molecule has 0 aliphatic carbocycles. The van der Waals surface area contributed by atoms with E-state index in [4.69, 9.17) is 15.0 Å². The average Bonchev–Trinajstić information content (AvgIpc) is 2.73. The number of aryl methyl sites for hydroxylation is 2. The molecule has 1 aromatic rings. The van der Waals surface area contributed by atoms with Crippen LogP contribution in [0.3, 0.4) is 0 Å². The summed E-state index contributed by atoms with van der Waals surface area (Å²) in [6, 6.07) is 4.11. The lowest BCUT2D eigenvalue weighted by molar-refractivity contribution is -0.144. The molecule has 0 atom stereocenters. The third kappa shape index (κ3) is 8.05. The Morgan fingerprint density at radius 2 is 1.97 bits per heavy atom. The van der Waals surface area contributed by atoms with Crippen molar-refractivity contribution in [3.8, 4) is 0 Å². The highest BCUT2D eigenvalue weighted by Crippen LogP contribution is 2.25. The first-order chi connectivity index (χ1) is 14.9. The summed E-state index contributed by atoms with van der Waals surface area (Å²) in [7, 11) is 0. The van der Waals surface area contributed by atoms with Crippen LogP contribution in [0, 0.1) is 0 Å². The lowest BCUT2D eigenvalue weighted by atomic mass is 9.88. The van der Waals surface area contributed by atoms with Crippen molar-refractivity contribution in [3.63, 3.8) is 0 Å². The van der Waals surface area contributed by atoms with Crippen LogP contribution in [0.2, 0.25) is 0 Å². The highest BCUT2D eigenvalue weighted by Gasteiger charge is 2.35. The molecule has 10 nitrogen and oxygen atoms in total. The summed E-state index contributed by atoms with van der Waals surface area (Å²) >= 11 is 0. The molecule has 31 heavy (non-hydrogen) atoms. The van der Waals surface area contributed by atoms with Gasteiger partial charge in [-0.15, -0.1) is 0 Å². The zero-order valence-corrected chi connectivity index (χ0v) is 17.7. The number of aromatic nitrogens is 1. The summed E-state index contributed by atoms with van der Waals surface area (Å²) in [5, 5.41) is 32.2. The number of pyridine rings is 1. The molecule has 5 N–H and O–H groups in total. The molecule has 1 fully saturated rings. The second kappa shape index (κ2) is 12.1. The largest absolute Gasteiger partial charge is 0.483 e. The fourth-order valence-corrected chi connectivity index (χ4v) is 3.83. The molecule has 0 radical (unpaired) electrons. The van der Waals surface area contributed by atoms with Gasteiger partial charge in [0.2, 0.25) is 0 Å². The minimum Gasteiger partial charge on any atom is -0.483 e. The summed E-state index contributed by atoms with van der Waals surface area (Å²) in [6.07, 6.45) is 5.27. The normalized spacial score (nSPS) is 16.7. The second-order valence-electron chi connectivity index (χ2n) is 7.92. The monoisotopic (exact) mass is 436 g/mol. The number of fused-ring (bicyclic) bond motifs is 1. The summed E-state index contributed by atoms with van der Waals surface area (Å²) in [4.78, 5) is 37.7. The molecule has 3 heterocycles. The average molecular weight is 437 g/mol. The van der Waals surface area contributed by atoms with Gasteiger partial charge in [0.05, 0.1) is 12.0 Å². The van der Waals surface area contributed by atoms with Gasteiger partial charge in [-0.2, -0.15) is 0 Å². The number of hydrogen-bond donors (Lipinski definition) is 5. The van der Waals surface area contributed by atoms with Crippen molar-refractivity contribution >= 4 is 24.3 Å². The fourth-order valence-electron chi connectivity index (χ4n) is 3.83. The molecule has 0 aromatic carbocycles. The fraction of sp³-hybridized carbons (Fsp3) is 0.619. The molecule has 0 spiro atoms. The van der Waals surface area contributed by atoms with Crippen LogP contribution in [-0.4, -0.2) is 75.5 Å². The van der Waals surface area contributed by atoms with Gasteiger partial charge in [0.1, 0.15) is 5.82 Å². The third-order valence-electron chi connectivity index (χ3n) is 5.55. The number of likely N-dealkylation sites (tertiary alicyclic amines) is 1. The first-order valence-electron chi connectivity index (χ1n) is 10.6. The van der Waals surface area contributed by atoms with Gasteiger partial charge in [-0.25, -0.2) is 9.78 Å². The van der Waals surface area contributed by atoms with E-state index in [1.54, 1.807) is 4.90 Å². The summed E-state index contributed by atoms with van der Waals surface area (Å²) in [6.45, 7) is 2.08. The Morgan fingerprint density at radius 1 is 1.26 bits per heavy atom. The maximum Gasteiger partial charge on any atom is 0.317 e. The molecular weight excluding hydrogens is 404 g/mol. The van der Waals surface area contributed by atoms with Gasteiger partial charge in [0.25, 0.3) is 6.47 Å². The highest BCUT2D eigenvalue weighted by atomic mass is 16.4. The Hall–Kier alpha value is -2.88. The van der Waals surface area contributed by atoms with Crippen molar-refractivity contribution in [2.45, 2.75) is 57.0 Å². The molecule has 0 bridgehead atoms. The molecule has 2 aliphatic rings. The quantitative estimate of drug-likeness (QED) is 0.318. The number of carboxylic acids is 1. The minimum atomic E-state index is -1.20. The SMILES string of the molecule is O=C(O)CC1(O)CCN(C(=O)NCCCCc2ccc3c(n2)NCCC3)CC1.O=CO. The van der Waals surface area contributed by atoms with Crippen LogP contribution < -0.4 is 10.6 Å². The number of carbonyl (C=O) groups is 3. The highest BCUT2D eigenvalue weighted by molar-refractivity contribution is 5.74. The predicted molar refractivity (Wildman–Crippen MR) is 114 cm³/mol. The molecule has 2 amide bonds.